The summed E-state index contributed by atoms with van der Waals surface area (Å²) in [5.41, 5.74) is 0. The first-order chi connectivity index (χ1) is 11.1. The Morgan fingerprint density at radius 2 is 1.39 bits per heavy atom. The maximum Gasteiger partial charge on any atom is 0.500 e. The van der Waals surface area contributed by atoms with E-state index in [0.29, 0.717) is 26.4 Å². The van der Waals surface area contributed by atoms with Crippen LogP contribution in [0.3, 0.4) is 0 Å². The van der Waals surface area contributed by atoms with Gasteiger partial charge < -0.3 is 18.0 Å². The largest absolute Gasteiger partial charge is 0.500 e. The Kier molecular flexibility index (Phi) is 14.4. The predicted molar refractivity (Wildman–Crippen MR) is 94.3 cm³/mol. The van der Waals surface area contributed by atoms with Crippen molar-refractivity contribution < 1.29 is 22.8 Å². The van der Waals surface area contributed by atoms with Crippen molar-refractivity contribution in [3.05, 3.63) is 12.2 Å². The lowest BCUT2D eigenvalue weighted by atomic mass is 10.3. The van der Waals surface area contributed by atoms with Gasteiger partial charge in [0, 0.05) is 31.9 Å². The van der Waals surface area contributed by atoms with Gasteiger partial charge >= 0.3 is 14.8 Å². The molecule has 0 N–H and O–H groups in total. The highest BCUT2D eigenvalue weighted by atomic mass is 28.4. The third-order valence-electron chi connectivity index (χ3n) is 3.00. The van der Waals surface area contributed by atoms with Crippen LogP contribution >= 0.6 is 0 Å². The second-order valence-corrected chi connectivity index (χ2v) is 8.09. The zero-order chi connectivity index (χ0) is 17.4. The topological polar surface area (TPSA) is 54.0 Å². The smallest absolute Gasteiger partial charge is 0.463 e. The first-order valence-corrected chi connectivity index (χ1v) is 10.8. The normalized spacial score (nSPS) is 12.0. The summed E-state index contributed by atoms with van der Waals surface area (Å²) in [5, 5.41) is 0. The van der Waals surface area contributed by atoms with Crippen LogP contribution in [-0.4, -0.2) is 41.2 Å². The number of rotatable bonds is 15. The molecule has 0 saturated carbocycles. The number of carbonyl (C=O) groups excluding carboxylic acids is 1. The SMILES string of the molecule is CC=CC(=O)OCCCC[Si](OCCC)(OCCC)OCCC. The van der Waals surface area contributed by atoms with Crippen molar-refractivity contribution in [1.29, 1.82) is 0 Å². The summed E-state index contributed by atoms with van der Waals surface area (Å²) in [6.45, 7) is 10.5. The van der Waals surface area contributed by atoms with E-state index in [4.69, 9.17) is 18.0 Å². The van der Waals surface area contributed by atoms with E-state index >= 15 is 0 Å². The standard InChI is InChI=1S/C17H34O5Si/c1-5-11-17(18)19-15-9-10-16-23(20-12-6-2,21-13-7-3)22-14-8-4/h5,11H,6-10,12-16H2,1-4H3. The molecular formula is C17H34O5Si. The molecule has 0 spiro atoms. The van der Waals surface area contributed by atoms with Gasteiger partial charge in [-0.2, -0.15) is 0 Å². The number of hydrogen-bond acceptors (Lipinski definition) is 5. The van der Waals surface area contributed by atoms with Gasteiger partial charge in [-0.15, -0.1) is 0 Å². The van der Waals surface area contributed by atoms with Gasteiger partial charge in [0.25, 0.3) is 0 Å². The minimum atomic E-state index is -2.61. The lowest BCUT2D eigenvalue weighted by molar-refractivity contribution is -0.137. The van der Waals surface area contributed by atoms with Crippen molar-refractivity contribution in [3.8, 4) is 0 Å². The average Bonchev–Trinajstić information content (AvgIpc) is 2.55. The maximum atomic E-state index is 11.3. The van der Waals surface area contributed by atoms with E-state index in [2.05, 4.69) is 20.8 Å². The lowest BCUT2D eigenvalue weighted by Crippen LogP contribution is -2.46. The molecule has 0 aliphatic rings. The van der Waals surface area contributed by atoms with Crippen molar-refractivity contribution >= 4 is 14.8 Å². The molecule has 0 radical (unpaired) electrons. The van der Waals surface area contributed by atoms with Gasteiger partial charge in [-0.1, -0.05) is 26.8 Å². The summed E-state index contributed by atoms with van der Waals surface area (Å²) in [7, 11) is -2.61. The zero-order valence-corrected chi connectivity index (χ0v) is 16.3. The molecule has 136 valence electrons. The quantitative estimate of drug-likeness (QED) is 0.193. The van der Waals surface area contributed by atoms with Gasteiger partial charge in [0.15, 0.2) is 0 Å². The van der Waals surface area contributed by atoms with Gasteiger partial charge in [0.1, 0.15) is 0 Å². The summed E-state index contributed by atoms with van der Waals surface area (Å²) in [6, 6.07) is 0.772. The van der Waals surface area contributed by atoms with Crippen LogP contribution in [0.1, 0.15) is 59.8 Å². The fourth-order valence-electron chi connectivity index (χ4n) is 1.91. The minimum Gasteiger partial charge on any atom is -0.463 e. The molecule has 0 aliphatic heterocycles. The Labute approximate surface area is 142 Å². The van der Waals surface area contributed by atoms with Crippen molar-refractivity contribution in [3.63, 3.8) is 0 Å². The van der Waals surface area contributed by atoms with Gasteiger partial charge in [-0.05, 0) is 39.0 Å². The van der Waals surface area contributed by atoms with Crippen LogP contribution in [0.2, 0.25) is 6.04 Å². The maximum absolute atomic E-state index is 11.3. The monoisotopic (exact) mass is 346 g/mol. The van der Waals surface area contributed by atoms with Crippen LogP contribution in [-0.2, 0) is 22.8 Å². The Balaban J connectivity index is 4.37. The first kappa shape index (κ1) is 22.3. The van der Waals surface area contributed by atoms with Crippen LogP contribution in [0.25, 0.3) is 0 Å². The highest BCUT2D eigenvalue weighted by molar-refractivity contribution is 6.60. The molecule has 0 amide bonds. The third-order valence-corrected chi connectivity index (χ3v) is 5.90. The Morgan fingerprint density at radius 1 is 0.870 bits per heavy atom. The average molecular weight is 347 g/mol. The van der Waals surface area contributed by atoms with Gasteiger partial charge in [0.2, 0.25) is 0 Å². The molecule has 0 saturated heterocycles. The molecule has 5 nitrogen and oxygen atoms in total. The summed E-state index contributed by atoms with van der Waals surface area (Å²) >= 11 is 0. The molecule has 23 heavy (non-hydrogen) atoms. The fourth-order valence-corrected chi connectivity index (χ4v) is 4.83. The third kappa shape index (κ3) is 11.5. The molecule has 0 aromatic heterocycles. The Morgan fingerprint density at radius 3 is 1.83 bits per heavy atom. The molecule has 0 unspecified atom stereocenters. The molecule has 0 fully saturated rings. The van der Waals surface area contributed by atoms with Crippen LogP contribution in [0, 0.1) is 0 Å². The van der Waals surface area contributed by atoms with E-state index in [1.165, 1.54) is 6.08 Å². The van der Waals surface area contributed by atoms with Crippen LogP contribution in [0.15, 0.2) is 12.2 Å². The summed E-state index contributed by atoms with van der Waals surface area (Å²) in [6.07, 6.45) is 7.60. The van der Waals surface area contributed by atoms with Gasteiger partial charge in [0.05, 0.1) is 6.61 Å². The highest BCUT2D eigenvalue weighted by Gasteiger charge is 2.40. The fraction of sp³-hybridized carbons (Fsp3) is 0.824. The second kappa shape index (κ2) is 14.9. The zero-order valence-electron chi connectivity index (χ0n) is 15.3. The molecule has 0 aromatic carbocycles. The number of carbonyl (C=O) groups is 1. The predicted octanol–water partition coefficient (Wildman–Crippen LogP) is 4.10. The second-order valence-electron chi connectivity index (χ2n) is 5.35. The molecule has 0 bridgehead atoms. The summed E-state index contributed by atoms with van der Waals surface area (Å²) in [5.74, 6) is -0.289. The molecule has 0 heterocycles. The number of esters is 1. The molecule has 0 aliphatic carbocycles. The van der Waals surface area contributed by atoms with Crippen LogP contribution in [0.4, 0.5) is 0 Å². The minimum absolute atomic E-state index is 0.289. The van der Waals surface area contributed by atoms with Gasteiger partial charge in [-0.25, -0.2) is 4.79 Å². The molecule has 0 atom stereocenters. The van der Waals surface area contributed by atoms with E-state index in [9.17, 15) is 4.79 Å². The number of unbranched alkanes of at least 4 members (excludes halogenated alkanes) is 1. The van der Waals surface area contributed by atoms with E-state index < -0.39 is 8.80 Å². The Bertz CT molecular complexity index is 298. The van der Waals surface area contributed by atoms with Crippen molar-refractivity contribution in [2.75, 3.05) is 26.4 Å². The lowest BCUT2D eigenvalue weighted by Gasteiger charge is -2.29. The molecule has 6 heteroatoms. The summed E-state index contributed by atoms with van der Waals surface area (Å²) < 4.78 is 23.2. The first-order valence-electron chi connectivity index (χ1n) is 8.85. The number of hydrogen-bond donors (Lipinski definition) is 0. The Hall–Kier alpha value is -0.693. The molecule has 0 rings (SSSR count). The van der Waals surface area contributed by atoms with Gasteiger partial charge in [-0.3, -0.25) is 0 Å². The van der Waals surface area contributed by atoms with E-state index in [-0.39, 0.29) is 5.97 Å². The van der Waals surface area contributed by atoms with Crippen molar-refractivity contribution in [2.24, 2.45) is 0 Å². The summed E-state index contributed by atoms with van der Waals surface area (Å²) in [4.78, 5) is 11.3. The van der Waals surface area contributed by atoms with E-state index in [1.54, 1.807) is 13.0 Å². The van der Waals surface area contributed by atoms with Crippen LogP contribution in [0.5, 0.6) is 0 Å². The highest BCUT2D eigenvalue weighted by Crippen LogP contribution is 2.20. The van der Waals surface area contributed by atoms with E-state index in [0.717, 1.165) is 38.1 Å². The van der Waals surface area contributed by atoms with Crippen LogP contribution < -0.4 is 0 Å². The number of ether oxygens (including phenoxy) is 1. The number of allylic oxidation sites excluding steroid dienone is 1. The molecule has 0 aromatic rings. The van der Waals surface area contributed by atoms with E-state index in [1.807, 2.05) is 0 Å². The van der Waals surface area contributed by atoms with Crippen molar-refractivity contribution in [2.45, 2.75) is 65.8 Å². The molecular weight excluding hydrogens is 312 g/mol. The van der Waals surface area contributed by atoms with Crippen molar-refractivity contribution in [1.82, 2.24) is 0 Å².